The Balaban J connectivity index is 2.81. The number of phenolic OH excluding ortho intramolecular Hbond substituents is 1. The van der Waals surface area contributed by atoms with Crippen LogP contribution in [0.1, 0.15) is 31.7 Å². The van der Waals surface area contributed by atoms with E-state index < -0.39 is 19.8 Å². The van der Waals surface area contributed by atoms with Gasteiger partial charge in [0.1, 0.15) is 0 Å². The van der Waals surface area contributed by atoms with Gasteiger partial charge in [-0.1, -0.05) is 0 Å². The summed E-state index contributed by atoms with van der Waals surface area (Å²) in [6.45, 7) is 4.62. The van der Waals surface area contributed by atoms with Crippen molar-refractivity contribution in [3.05, 3.63) is 29.8 Å². The van der Waals surface area contributed by atoms with Crippen molar-refractivity contribution in [2.24, 2.45) is 5.92 Å². The first-order chi connectivity index (χ1) is 7.54. The molecule has 2 unspecified atom stereocenters. The Morgan fingerprint density at radius 1 is 1.31 bits per heavy atom. The SMILES string of the molecule is CCC(c1cccc(O)c1)C(C)[CH2][SnH]([CH3])[CH3]. The number of benzene rings is 1. The van der Waals surface area contributed by atoms with E-state index in [9.17, 15) is 5.11 Å². The fourth-order valence-electron chi connectivity index (χ4n) is 2.63. The number of aromatic hydroxyl groups is 1. The van der Waals surface area contributed by atoms with Gasteiger partial charge < -0.3 is 0 Å². The topological polar surface area (TPSA) is 20.2 Å². The van der Waals surface area contributed by atoms with E-state index >= 15 is 0 Å². The molecule has 1 nitrogen and oxygen atoms in total. The van der Waals surface area contributed by atoms with Crippen LogP contribution in [0, 0.1) is 5.92 Å². The van der Waals surface area contributed by atoms with E-state index in [1.54, 1.807) is 6.07 Å². The molecule has 1 aromatic carbocycles. The summed E-state index contributed by atoms with van der Waals surface area (Å²) < 4.78 is 1.45. The predicted molar refractivity (Wildman–Crippen MR) is 74.0 cm³/mol. The third-order valence-corrected chi connectivity index (χ3v) is 8.08. The van der Waals surface area contributed by atoms with Crippen LogP contribution in [-0.4, -0.2) is 24.9 Å². The Kier molecular flexibility index (Phi) is 5.66. The molecule has 0 spiro atoms. The van der Waals surface area contributed by atoms with Crippen LogP contribution in [0.15, 0.2) is 24.3 Å². The standard InChI is InChI=1S/C12H17O.2CH3.Sn.H/c1-4-12(9(2)3)10-6-5-7-11(13)8-10;;;;/h5-9,12-13H,2,4H2,1,3H3;2*1H3;;. The third-order valence-electron chi connectivity index (χ3n) is 3.27. The number of rotatable bonds is 5. The van der Waals surface area contributed by atoms with Gasteiger partial charge in [0.25, 0.3) is 0 Å². The van der Waals surface area contributed by atoms with Gasteiger partial charge in [-0.05, 0) is 0 Å². The first kappa shape index (κ1) is 13.9. The first-order valence-electron chi connectivity index (χ1n) is 6.33. The van der Waals surface area contributed by atoms with E-state index in [2.05, 4.69) is 29.8 Å². The van der Waals surface area contributed by atoms with E-state index in [4.69, 9.17) is 0 Å². The minimum absolute atomic E-state index is 0.399. The molecule has 0 bridgehead atoms. The summed E-state index contributed by atoms with van der Waals surface area (Å²) in [6, 6.07) is 7.79. The fourth-order valence-corrected chi connectivity index (χ4v) is 7.81. The van der Waals surface area contributed by atoms with Crippen molar-refractivity contribution in [2.75, 3.05) is 0 Å². The van der Waals surface area contributed by atoms with Crippen LogP contribution in [0.25, 0.3) is 0 Å². The second-order valence-corrected chi connectivity index (χ2v) is 14.5. The average Bonchev–Trinajstić information content (AvgIpc) is 2.17. The molecule has 1 rings (SSSR count). The molecule has 2 atom stereocenters. The zero-order chi connectivity index (χ0) is 12.1. The molecular weight excluding hydrogens is 303 g/mol. The molecule has 0 heterocycles. The minimum atomic E-state index is -1.13. The van der Waals surface area contributed by atoms with Crippen LogP contribution in [0.5, 0.6) is 5.75 Å². The van der Waals surface area contributed by atoms with E-state index in [0.29, 0.717) is 11.7 Å². The Morgan fingerprint density at radius 2 is 2.00 bits per heavy atom. The van der Waals surface area contributed by atoms with Gasteiger partial charge in [-0.25, -0.2) is 0 Å². The quantitative estimate of drug-likeness (QED) is 0.811. The summed E-state index contributed by atoms with van der Waals surface area (Å²) in [4.78, 5) is 4.96. The monoisotopic (exact) mass is 328 g/mol. The maximum absolute atomic E-state index is 9.53. The van der Waals surface area contributed by atoms with Crippen LogP contribution in [-0.2, 0) is 0 Å². The Morgan fingerprint density at radius 3 is 2.50 bits per heavy atom. The number of phenols is 1. The zero-order valence-electron chi connectivity index (χ0n) is 10.9. The molecule has 0 radical (unpaired) electrons. The molecule has 0 aromatic heterocycles. The number of hydrogen-bond acceptors (Lipinski definition) is 1. The Bertz CT molecular complexity index is 322. The van der Waals surface area contributed by atoms with Crippen LogP contribution in [0.3, 0.4) is 0 Å². The molecular formula is C14H24OSn. The van der Waals surface area contributed by atoms with E-state index in [1.807, 2.05) is 12.1 Å². The van der Waals surface area contributed by atoms with E-state index in [-0.39, 0.29) is 0 Å². The molecule has 0 fully saturated rings. The summed E-state index contributed by atoms with van der Waals surface area (Å²) >= 11 is -1.13. The van der Waals surface area contributed by atoms with Crippen molar-refractivity contribution in [3.63, 3.8) is 0 Å². The Hall–Kier alpha value is -0.181. The summed E-state index contributed by atoms with van der Waals surface area (Å²) in [6.07, 6.45) is 1.17. The van der Waals surface area contributed by atoms with Gasteiger partial charge >= 0.3 is 107 Å². The van der Waals surface area contributed by atoms with Crippen LogP contribution in [0.2, 0.25) is 14.3 Å². The second kappa shape index (κ2) is 6.53. The molecule has 2 heteroatoms. The van der Waals surface area contributed by atoms with Crippen molar-refractivity contribution < 1.29 is 5.11 Å². The number of hydrogen-bond donors (Lipinski definition) is 1. The van der Waals surface area contributed by atoms with Gasteiger partial charge in [0.2, 0.25) is 0 Å². The van der Waals surface area contributed by atoms with Crippen molar-refractivity contribution in [1.82, 2.24) is 0 Å². The molecule has 0 aliphatic heterocycles. The molecule has 1 aromatic rings. The molecule has 1 N–H and O–H groups in total. The van der Waals surface area contributed by atoms with Gasteiger partial charge in [-0.15, -0.1) is 0 Å². The van der Waals surface area contributed by atoms with E-state index in [0.717, 1.165) is 5.92 Å². The summed E-state index contributed by atoms with van der Waals surface area (Å²) in [5.74, 6) is 1.78. The van der Waals surface area contributed by atoms with Crippen LogP contribution in [0.4, 0.5) is 0 Å². The van der Waals surface area contributed by atoms with Crippen molar-refractivity contribution in [1.29, 1.82) is 0 Å². The summed E-state index contributed by atoms with van der Waals surface area (Å²) in [5.41, 5.74) is 1.31. The van der Waals surface area contributed by atoms with Crippen molar-refractivity contribution >= 4 is 19.8 Å². The van der Waals surface area contributed by atoms with Gasteiger partial charge in [0.15, 0.2) is 0 Å². The van der Waals surface area contributed by atoms with Crippen LogP contribution >= 0.6 is 0 Å². The third kappa shape index (κ3) is 4.00. The molecule has 0 amide bonds. The molecule has 0 saturated carbocycles. The second-order valence-electron chi connectivity index (χ2n) is 5.22. The Labute approximate surface area is 107 Å². The van der Waals surface area contributed by atoms with Gasteiger partial charge in [0.05, 0.1) is 0 Å². The normalized spacial score (nSPS) is 15.1. The van der Waals surface area contributed by atoms with Gasteiger partial charge in [0, 0.05) is 0 Å². The fraction of sp³-hybridized carbons (Fsp3) is 0.571. The van der Waals surface area contributed by atoms with Gasteiger partial charge in [-0.2, -0.15) is 0 Å². The summed E-state index contributed by atoms with van der Waals surface area (Å²) in [7, 11) is 0. The van der Waals surface area contributed by atoms with Crippen LogP contribution < -0.4 is 0 Å². The molecule has 0 aliphatic carbocycles. The van der Waals surface area contributed by atoms with E-state index in [1.165, 1.54) is 16.4 Å². The molecule has 0 aliphatic rings. The molecule has 0 saturated heterocycles. The van der Waals surface area contributed by atoms with Gasteiger partial charge in [-0.3, -0.25) is 0 Å². The maximum atomic E-state index is 9.53. The van der Waals surface area contributed by atoms with Crippen molar-refractivity contribution in [2.45, 2.75) is 40.5 Å². The first-order valence-corrected chi connectivity index (χ1v) is 15.3. The summed E-state index contributed by atoms with van der Waals surface area (Å²) in [5, 5.41) is 9.53. The average molecular weight is 327 g/mol. The van der Waals surface area contributed by atoms with Crippen molar-refractivity contribution in [3.8, 4) is 5.75 Å². The zero-order valence-corrected chi connectivity index (χ0v) is 14.2. The molecule has 16 heavy (non-hydrogen) atoms. The predicted octanol–water partition coefficient (Wildman–Crippen LogP) is 4.01. The molecule has 90 valence electrons.